The van der Waals surface area contributed by atoms with Crippen LogP contribution in [0.5, 0.6) is 0 Å². The lowest BCUT2D eigenvalue weighted by atomic mass is 10.1. The Bertz CT molecular complexity index is 451. The van der Waals surface area contributed by atoms with E-state index in [2.05, 4.69) is 31.0 Å². The number of hydrogen-bond acceptors (Lipinski definition) is 3. The Morgan fingerprint density at radius 3 is 2.62 bits per heavy atom. The number of nitrogens with zero attached hydrogens (tertiary/aromatic N) is 1. The maximum atomic E-state index is 12.8. The molecule has 1 heterocycles. The minimum absolute atomic E-state index is 0.157. The number of amides is 1. The molecule has 1 aromatic rings. The summed E-state index contributed by atoms with van der Waals surface area (Å²) in [5.74, 6) is 2.48. The molecule has 0 saturated carbocycles. The smallest absolute Gasteiger partial charge is 0.245 e. The highest BCUT2D eigenvalue weighted by molar-refractivity contribution is 7.99. The molecular weight excluding hydrogens is 280 g/mol. The van der Waals surface area contributed by atoms with Gasteiger partial charge in [-0.05, 0) is 36.8 Å². The molecule has 2 rings (SSSR count). The zero-order valence-electron chi connectivity index (χ0n) is 13.2. The SMILES string of the molecule is CCSCCC(C)N1C(=O)C(c2ccccc2)NC1CC. The van der Waals surface area contributed by atoms with E-state index in [0.717, 1.165) is 29.9 Å². The molecule has 1 aromatic carbocycles. The number of rotatable bonds is 7. The van der Waals surface area contributed by atoms with Crippen LogP contribution < -0.4 is 5.32 Å². The summed E-state index contributed by atoms with van der Waals surface area (Å²) < 4.78 is 0. The third-order valence-corrected chi connectivity index (χ3v) is 5.01. The van der Waals surface area contributed by atoms with Gasteiger partial charge >= 0.3 is 0 Å². The molecule has 1 fully saturated rings. The molecular formula is C17H26N2OS. The van der Waals surface area contributed by atoms with Crippen LogP contribution in [0.25, 0.3) is 0 Å². The van der Waals surface area contributed by atoms with E-state index in [1.54, 1.807) is 0 Å². The highest BCUT2D eigenvalue weighted by Gasteiger charge is 2.40. The third-order valence-electron chi connectivity index (χ3n) is 4.07. The first-order valence-electron chi connectivity index (χ1n) is 7.89. The van der Waals surface area contributed by atoms with E-state index in [9.17, 15) is 4.79 Å². The van der Waals surface area contributed by atoms with Crippen molar-refractivity contribution in [2.24, 2.45) is 0 Å². The number of nitrogens with one attached hydrogen (secondary N) is 1. The molecule has 0 aromatic heterocycles. The standard InChI is InChI=1S/C17H26N2OS/c1-4-15-18-16(14-9-7-6-8-10-14)17(20)19(15)13(3)11-12-21-5-2/h6-10,13,15-16,18H,4-5,11-12H2,1-3H3. The largest absolute Gasteiger partial charge is 0.323 e. The van der Waals surface area contributed by atoms with E-state index in [1.807, 2.05) is 42.1 Å². The molecule has 0 radical (unpaired) electrons. The van der Waals surface area contributed by atoms with Crippen LogP contribution in [0.15, 0.2) is 30.3 Å². The fourth-order valence-corrected chi connectivity index (χ4v) is 3.70. The number of benzene rings is 1. The molecule has 0 spiro atoms. The van der Waals surface area contributed by atoms with Crippen molar-refractivity contribution in [2.45, 2.75) is 51.9 Å². The molecule has 1 N–H and O–H groups in total. The molecule has 0 aliphatic carbocycles. The Morgan fingerprint density at radius 1 is 1.29 bits per heavy atom. The Hall–Kier alpha value is -1.00. The maximum absolute atomic E-state index is 12.8. The first-order chi connectivity index (χ1) is 10.2. The fraction of sp³-hybridized carbons (Fsp3) is 0.588. The molecule has 116 valence electrons. The van der Waals surface area contributed by atoms with Crippen molar-refractivity contribution in [2.75, 3.05) is 11.5 Å². The van der Waals surface area contributed by atoms with Crippen LogP contribution in [-0.4, -0.2) is 34.5 Å². The highest BCUT2D eigenvalue weighted by atomic mass is 32.2. The van der Waals surface area contributed by atoms with Crippen LogP contribution in [0.1, 0.15) is 45.2 Å². The topological polar surface area (TPSA) is 32.3 Å². The molecule has 3 unspecified atom stereocenters. The number of hydrogen-bond donors (Lipinski definition) is 1. The van der Waals surface area contributed by atoms with Crippen molar-refractivity contribution in [3.05, 3.63) is 35.9 Å². The van der Waals surface area contributed by atoms with E-state index >= 15 is 0 Å². The monoisotopic (exact) mass is 306 g/mol. The van der Waals surface area contributed by atoms with Gasteiger partial charge < -0.3 is 4.90 Å². The predicted octanol–water partition coefficient (Wildman–Crippen LogP) is 3.43. The average molecular weight is 306 g/mol. The maximum Gasteiger partial charge on any atom is 0.245 e. The summed E-state index contributed by atoms with van der Waals surface area (Å²) in [7, 11) is 0. The molecule has 1 saturated heterocycles. The molecule has 21 heavy (non-hydrogen) atoms. The minimum atomic E-state index is -0.183. The van der Waals surface area contributed by atoms with Crippen molar-refractivity contribution in [1.29, 1.82) is 0 Å². The lowest BCUT2D eigenvalue weighted by Crippen LogP contribution is -2.43. The van der Waals surface area contributed by atoms with Gasteiger partial charge in [0.25, 0.3) is 0 Å². The van der Waals surface area contributed by atoms with Crippen LogP contribution >= 0.6 is 11.8 Å². The first kappa shape index (κ1) is 16.4. The van der Waals surface area contributed by atoms with Crippen LogP contribution in [-0.2, 0) is 4.79 Å². The zero-order valence-corrected chi connectivity index (χ0v) is 14.0. The molecule has 1 aliphatic heterocycles. The Balaban J connectivity index is 2.08. The Labute approximate surface area is 132 Å². The number of carbonyl (C=O) groups excluding carboxylic acids is 1. The van der Waals surface area contributed by atoms with Crippen LogP contribution in [0.4, 0.5) is 0 Å². The van der Waals surface area contributed by atoms with Crippen LogP contribution in [0.2, 0.25) is 0 Å². The Kier molecular flexibility index (Phi) is 6.12. The van der Waals surface area contributed by atoms with Crippen molar-refractivity contribution in [3.8, 4) is 0 Å². The van der Waals surface area contributed by atoms with Gasteiger partial charge in [0.05, 0.1) is 6.17 Å². The van der Waals surface area contributed by atoms with Crippen molar-refractivity contribution >= 4 is 17.7 Å². The minimum Gasteiger partial charge on any atom is -0.323 e. The summed E-state index contributed by atoms with van der Waals surface area (Å²) >= 11 is 1.94. The summed E-state index contributed by atoms with van der Waals surface area (Å²) in [6.07, 6.45) is 2.16. The van der Waals surface area contributed by atoms with Crippen molar-refractivity contribution in [1.82, 2.24) is 10.2 Å². The van der Waals surface area contributed by atoms with Gasteiger partial charge in [0, 0.05) is 6.04 Å². The van der Waals surface area contributed by atoms with Gasteiger partial charge in [0.1, 0.15) is 6.04 Å². The summed E-state index contributed by atoms with van der Waals surface area (Å²) in [4.78, 5) is 14.9. The average Bonchev–Trinajstić information content (AvgIpc) is 2.85. The summed E-state index contributed by atoms with van der Waals surface area (Å²) in [5, 5.41) is 3.50. The molecule has 3 atom stereocenters. The molecule has 4 heteroatoms. The highest BCUT2D eigenvalue weighted by Crippen LogP contribution is 2.28. The number of thioether (sulfide) groups is 1. The summed E-state index contributed by atoms with van der Waals surface area (Å²) in [5.41, 5.74) is 1.07. The van der Waals surface area contributed by atoms with E-state index in [1.165, 1.54) is 0 Å². The van der Waals surface area contributed by atoms with Gasteiger partial charge in [0.2, 0.25) is 5.91 Å². The quantitative estimate of drug-likeness (QED) is 0.783. The number of carbonyl (C=O) groups is 1. The molecule has 0 bridgehead atoms. The van der Waals surface area contributed by atoms with Crippen molar-refractivity contribution in [3.63, 3.8) is 0 Å². The van der Waals surface area contributed by atoms with Crippen LogP contribution in [0.3, 0.4) is 0 Å². The van der Waals surface area contributed by atoms with E-state index in [4.69, 9.17) is 0 Å². The predicted molar refractivity (Wildman–Crippen MR) is 90.3 cm³/mol. The second kappa shape index (κ2) is 7.85. The summed E-state index contributed by atoms with van der Waals surface area (Å²) in [6.45, 7) is 6.49. The van der Waals surface area contributed by atoms with Crippen LogP contribution in [0, 0.1) is 0 Å². The summed E-state index contributed by atoms with van der Waals surface area (Å²) in [6, 6.07) is 10.2. The van der Waals surface area contributed by atoms with Gasteiger partial charge in [-0.1, -0.05) is 44.2 Å². The normalized spacial score (nSPS) is 23.6. The molecule has 1 amide bonds. The van der Waals surface area contributed by atoms with Gasteiger partial charge in [-0.25, -0.2) is 0 Å². The van der Waals surface area contributed by atoms with E-state index in [0.29, 0.717) is 6.04 Å². The Morgan fingerprint density at radius 2 is 2.00 bits per heavy atom. The van der Waals surface area contributed by atoms with Gasteiger partial charge in [-0.3, -0.25) is 10.1 Å². The zero-order chi connectivity index (χ0) is 15.2. The third kappa shape index (κ3) is 3.80. The first-order valence-corrected chi connectivity index (χ1v) is 9.05. The van der Waals surface area contributed by atoms with Gasteiger partial charge in [0.15, 0.2) is 0 Å². The molecule has 3 nitrogen and oxygen atoms in total. The second-order valence-electron chi connectivity index (χ2n) is 5.51. The molecule has 1 aliphatic rings. The van der Waals surface area contributed by atoms with E-state index in [-0.39, 0.29) is 18.1 Å². The van der Waals surface area contributed by atoms with Crippen molar-refractivity contribution < 1.29 is 4.79 Å². The van der Waals surface area contributed by atoms with Gasteiger partial charge in [-0.2, -0.15) is 11.8 Å². The van der Waals surface area contributed by atoms with E-state index < -0.39 is 0 Å². The lowest BCUT2D eigenvalue weighted by Gasteiger charge is -2.29. The second-order valence-corrected chi connectivity index (χ2v) is 6.91. The lowest BCUT2D eigenvalue weighted by molar-refractivity contribution is -0.132. The van der Waals surface area contributed by atoms with Gasteiger partial charge in [-0.15, -0.1) is 0 Å². The fourth-order valence-electron chi connectivity index (χ4n) is 2.91.